The molecular weight excluding hydrogens is 467 g/mol. The molecule has 1 saturated heterocycles. The van der Waals surface area contributed by atoms with Gasteiger partial charge < -0.3 is 9.47 Å². The Morgan fingerprint density at radius 1 is 0.917 bits per heavy atom. The van der Waals surface area contributed by atoms with Crippen LogP contribution in [-0.2, 0) is 27.5 Å². The van der Waals surface area contributed by atoms with Crippen LogP contribution >= 0.6 is 0 Å². The quantitative estimate of drug-likeness (QED) is 0.423. The number of alkyl halides is 3. The molecule has 1 aromatic carbocycles. The molecule has 0 radical (unpaired) electrons. The van der Waals surface area contributed by atoms with E-state index >= 15 is 0 Å². The lowest BCUT2D eigenvalue weighted by Gasteiger charge is -2.54. The number of pyridine rings is 1. The lowest BCUT2D eigenvalue weighted by molar-refractivity contribution is -0.234. The summed E-state index contributed by atoms with van der Waals surface area (Å²) in [6, 6.07) is 9.03. The average molecular weight is 496 g/mol. The van der Waals surface area contributed by atoms with Gasteiger partial charge in [0, 0.05) is 46.8 Å². The van der Waals surface area contributed by atoms with Gasteiger partial charge in [0.2, 0.25) is 0 Å². The van der Waals surface area contributed by atoms with E-state index in [9.17, 15) is 13.2 Å². The lowest BCUT2D eigenvalue weighted by Crippen LogP contribution is -2.55. The minimum Gasteiger partial charge on any atom is -0.347 e. The molecule has 3 aliphatic rings. The molecule has 6 rings (SSSR count). The summed E-state index contributed by atoms with van der Waals surface area (Å²) in [5, 5.41) is 0. The number of benzene rings is 1. The van der Waals surface area contributed by atoms with Crippen molar-refractivity contribution in [1.29, 1.82) is 0 Å². The molecule has 3 aromatic rings. The third-order valence-electron chi connectivity index (χ3n) is 8.56. The van der Waals surface area contributed by atoms with E-state index in [1.165, 1.54) is 12.1 Å². The summed E-state index contributed by atoms with van der Waals surface area (Å²) in [4.78, 5) is 14.2. The molecule has 0 amide bonds. The van der Waals surface area contributed by atoms with Crippen molar-refractivity contribution in [3.63, 3.8) is 0 Å². The maximum atomic E-state index is 13.2. The fraction of sp³-hybridized carbons (Fsp3) is 0.464. The maximum absolute atomic E-state index is 13.2. The highest BCUT2D eigenvalue weighted by Crippen LogP contribution is 2.57. The monoisotopic (exact) mass is 495 g/mol. The van der Waals surface area contributed by atoms with Crippen molar-refractivity contribution in [2.45, 2.75) is 56.9 Å². The number of fused-ring (bicyclic) bond motifs is 3. The van der Waals surface area contributed by atoms with Gasteiger partial charge in [-0.1, -0.05) is 26.0 Å². The van der Waals surface area contributed by atoms with Crippen molar-refractivity contribution in [3.05, 3.63) is 65.6 Å². The van der Waals surface area contributed by atoms with Crippen LogP contribution in [-0.4, -0.2) is 34.0 Å². The summed E-state index contributed by atoms with van der Waals surface area (Å²) in [5.41, 5.74) is 3.34. The van der Waals surface area contributed by atoms with Gasteiger partial charge in [0.05, 0.1) is 30.2 Å². The van der Waals surface area contributed by atoms with Gasteiger partial charge in [0.1, 0.15) is 0 Å². The number of halogens is 3. The van der Waals surface area contributed by atoms with E-state index in [2.05, 4.69) is 18.8 Å². The van der Waals surface area contributed by atoms with E-state index in [4.69, 9.17) is 19.4 Å². The zero-order valence-corrected chi connectivity index (χ0v) is 20.3. The number of rotatable bonds is 2. The Morgan fingerprint density at radius 3 is 2.28 bits per heavy atom. The zero-order valence-electron chi connectivity index (χ0n) is 20.3. The molecule has 3 atom stereocenters. The first kappa shape index (κ1) is 23.6. The first-order chi connectivity index (χ1) is 17.2. The highest BCUT2D eigenvalue weighted by Gasteiger charge is 2.57. The third-order valence-corrected chi connectivity index (χ3v) is 8.56. The smallest absolute Gasteiger partial charge is 0.347 e. The van der Waals surface area contributed by atoms with Crippen LogP contribution in [0, 0.1) is 11.8 Å². The first-order valence-electron chi connectivity index (χ1n) is 12.5. The molecule has 188 valence electrons. The second-order valence-corrected chi connectivity index (χ2v) is 10.4. The molecule has 2 aliphatic carbocycles. The van der Waals surface area contributed by atoms with Gasteiger partial charge in [-0.15, -0.1) is 0 Å². The normalized spacial score (nSPS) is 27.0. The van der Waals surface area contributed by atoms with Crippen molar-refractivity contribution in [1.82, 2.24) is 15.0 Å². The molecule has 1 spiro atoms. The molecular formula is C28H28F3N3O2. The Kier molecular flexibility index (Phi) is 5.46. The molecule has 0 unspecified atom stereocenters. The number of hydrogen-bond donors (Lipinski definition) is 0. The van der Waals surface area contributed by atoms with Gasteiger partial charge in [0.15, 0.2) is 11.6 Å². The van der Waals surface area contributed by atoms with Gasteiger partial charge in [-0.05, 0) is 49.4 Å². The van der Waals surface area contributed by atoms with Crippen LogP contribution < -0.4 is 0 Å². The van der Waals surface area contributed by atoms with Crippen LogP contribution in [0.1, 0.15) is 49.9 Å². The first-order valence-corrected chi connectivity index (χ1v) is 12.5. The van der Waals surface area contributed by atoms with Gasteiger partial charge in [-0.25, -0.2) is 9.97 Å². The highest BCUT2D eigenvalue weighted by molar-refractivity contribution is 5.69. The van der Waals surface area contributed by atoms with Crippen LogP contribution in [0.5, 0.6) is 0 Å². The predicted octanol–water partition coefficient (Wildman–Crippen LogP) is 6.22. The Morgan fingerprint density at radius 2 is 1.61 bits per heavy atom. The van der Waals surface area contributed by atoms with Crippen LogP contribution in [0.25, 0.3) is 22.6 Å². The van der Waals surface area contributed by atoms with Crippen LogP contribution in [0.3, 0.4) is 0 Å². The second-order valence-electron chi connectivity index (χ2n) is 10.4. The largest absolute Gasteiger partial charge is 0.416 e. The second kappa shape index (κ2) is 8.35. The molecule has 3 heterocycles. The van der Waals surface area contributed by atoms with Gasteiger partial charge in [-0.2, -0.15) is 13.2 Å². The minimum atomic E-state index is -4.38. The van der Waals surface area contributed by atoms with E-state index in [0.29, 0.717) is 36.2 Å². The molecule has 2 aromatic heterocycles. The third kappa shape index (κ3) is 3.65. The van der Waals surface area contributed by atoms with Crippen molar-refractivity contribution < 1.29 is 22.6 Å². The standard InChI is InChI=1S/C28H28F3N3O2/c1-17-22-8-7-21-23(18-3-5-20(6-4-18)28(29,30)31)33-25(19-9-13-32-14-10-19)34-24(21)26(22,2)11-12-27(17)35-15-16-36-27/h3-6,9-10,13-14,17,22H,7-8,11-12,15-16H2,1-2H3/t17-,22-,26-/m1/s1. The molecule has 36 heavy (non-hydrogen) atoms. The lowest BCUT2D eigenvalue weighted by atomic mass is 9.54. The van der Waals surface area contributed by atoms with Gasteiger partial charge in [0.25, 0.3) is 0 Å². The highest BCUT2D eigenvalue weighted by atomic mass is 19.4. The number of ether oxygens (including phenoxy) is 2. The summed E-state index contributed by atoms with van der Waals surface area (Å²) >= 11 is 0. The molecule has 5 nitrogen and oxygen atoms in total. The summed E-state index contributed by atoms with van der Waals surface area (Å²) in [5.74, 6) is 0.534. The summed E-state index contributed by atoms with van der Waals surface area (Å²) in [6.07, 6.45) is 2.32. The maximum Gasteiger partial charge on any atom is 0.416 e. The van der Waals surface area contributed by atoms with Crippen LogP contribution in [0.2, 0.25) is 0 Å². The minimum absolute atomic E-state index is 0.195. The topological polar surface area (TPSA) is 57.1 Å². The van der Waals surface area contributed by atoms with E-state index in [-0.39, 0.29) is 11.3 Å². The molecule has 1 aliphatic heterocycles. The SMILES string of the molecule is C[C@@H]1[C@H]2CCc3c(-c4ccc(C(F)(F)F)cc4)nc(-c4ccncc4)nc3[C@]2(C)CCC12OCCO2. The summed E-state index contributed by atoms with van der Waals surface area (Å²) in [6.45, 7) is 5.74. The number of hydrogen-bond acceptors (Lipinski definition) is 5. The number of nitrogens with zero attached hydrogens (tertiary/aromatic N) is 3. The summed E-state index contributed by atoms with van der Waals surface area (Å²) in [7, 11) is 0. The summed E-state index contributed by atoms with van der Waals surface area (Å²) < 4.78 is 52.0. The van der Waals surface area contributed by atoms with Crippen LogP contribution in [0.15, 0.2) is 48.8 Å². The fourth-order valence-electron chi connectivity index (χ4n) is 6.62. The Balaban J connectivity index is 1.50. The van der Waals surface area contributed by atoms with E-state index in [0.717, 1.165) is 54.6 Å². The van der Waals surface area contributed by atoms with E-state index < -0.39 is 17.5 Å². The van der Waals surface area contributed by atoms with E-state index in [1.807, 2.05) is 12.1 Å². The molecule has 1 saturated carbocycles. The average Bonchev–Trinajstić information content (AvgIpc) is 3.36. The fourth-order valence-corrected chi connectivity index (χ4v) is 6.62. The van der Waals surface area contributed by atoms with Crippen molar-refractivity contribution in [3.8, 4) is 22.6 Å². The van der Waals surface area contributed by atoms with Gasteiger partial charge >= 0.3 is 6.18 Å². The number of aromatic nitrogens is 3. The van der Waals surface area contributed by atoms with Crippen LogP contribution in [0.4, 0.5) is 13.2 Å². The Bertz CT molecular complexity index is 1270. The predicted molar refractivity (Wildman–Crippen MR) is 128 cm³/mol. The Hall–Kier alpha value is -2.84. The molecule has 0 bridgehead atoms. The van der Waals surface area contributed by atoms with Crippen molar-refractivity contribution in [2.75, 3.05) is 13.2 Å². The van der Waals surface area contributed by atoms with E-state index in [1.54, 1.807) is 12.4 Å². The molecule has 0 N–H and O–H groups in total. The Labute approximate surface area is 208 Å². The zero-order chi connectivity index (χ0) is 25.1. The van der Waals surface area contributed by atoms with Crippen molar-refractivity contribution in [2.24, 2.45) is 11.8 Å². The van der Waals surface area contributed by atoms with Gasteiger partial charge in [-0.3, -0.25) is 4.98 Å². The molecule has 8 heteroatoms. The van der Waals surface area contributed by atoms with Crippen molar-refractivity contribution >= 4 is 0 Å². The molecule has 2 fully saturated rings.